The van der Waals surface area contributed by atoms with E-state index in [1.54, 1.807) is 57.4 Å². The number of carbonyl (C=O) groups excluding carboxylic acids is 5. The number of carbonyl (C=O) groups is 5. The van der Waals surface area contributed by atoms with Gasteiger partial charge in [0.05, 0.1) is 19.3 Å². The van der Waals surface area contributed by atoms with Crippen LogP contribution in [0.5, 0.6) is 0 Å². The van der Waals surface area contributed by atoms with Gasteiger partial charge in [-0.3, -0.25) is 19.2 Å². The van der Waals surface area contributed by atoms with Gasteiger partial charge in [-0.25, -0.2) is 4.79 Å². The fraction of sp³-hybridized carbons (Fsp3) is 0.833. The van der Waals surface area contributed by atoms with Crippen molar-refractivity contribution < 1.29 is 52.4 Å². The Labute approximate surface area is 310 Å². The standard InChI is InChI=1S/2C9H18N2O3S2.C4H8O3.2C4H10O/c2*1-14-7-9(13)11-5-4-10-8(12)3-6-16-15-2;1-6-3-4(5)7-2;2*1-4(2)5-3/h2*3-7H2,1-2H3,(H,10,12)(H,11,13);3H2,1-2H3;2*4H,1-3H3. The highest BCUT2D eigenvalue weighted by atomic mass is 33.1. The van der Waals surface area contributed by atoms with Crippen LogP contribution in [-0.4, -0.2) is 154 Å². The van der Waals surface area contributed by atoms with Crippen molar-refractivity contribution in [1.82, 2.24) is 21.3 Å². The highest BCUT2D eigenvalue weighted by Gasteiger charge is 2.03. The molecule has 0 unspecified atom stereocenters. The summed E-state index contributed by atoms with van der Waals surface area (Å²) >= 11 is 0. The largest absolute Gasteiger partial charge is 0.467 e. The van der Waals surface area contributed by atoms with Crippen molar-refractivity contribution in [3.8, 4) is 0 Å². The van der Waals surface area contributed by atoms with Crippen molar-refractivity contribution >= 4 is 72.8 Å². The van der Waals surface area contributed by atoms with E-state index < -0.39 is 0 Å². The zero-order chi connectivity index (χ0) is 38.7. The average Bonchev–Trinajstić information content (AvgIpc) is 3.07. The molecule has 19 heteroatoms. The molecule has 49 heavy (non-hydrogen) atoms. The number of hydrogen-bond acceptors (Lipinski definition) is 15. The minimum Gasteiger partial charge on any atom is -0.467 e. The van der Waals surface area contributed by atoms with E-state index in [2.05, 4.69) is 40.2 Å². The van der Waals surface area contributed by atoms with E-state index in [4.69, 9.17) is 9.47 Å². The summed E-state index contributed by atoms with van der Waals surface area (Å²) in [5.41, 5.74) is 0. The van der Waals surface area contributed by atoms with Crippen LogP contribution in [0, 0.1) is 0 Å². The zero-order valence-corrected chi connectivity index (χ0v) is 34.8. The number of hydrogen-bond donors (Lipinski definition) is 4. The number of methoxy groups -OCH3 is 6. The Bertz CT molecular complexity index is 721. The zero-order valence-electron chi connectivity index (χ0n) is 31.6. The molecule has 0 aliphatic heterocycles. The highest BCUT2D eigenvalue weighted by molar-refractivity contribution is 8.76. The maximum atomic E-state index is 11.2. The summed E-state index contributed by atoms with van der Waals surface area (Å²) in [6.45, 7) is 9.93. The van der Waals surface area contributed by atoms with Crippen molar-refractivity contribution in [3.05, 3.63) is 0 Å². The lowest BCUT2D eigenvalue weighted by molar-refractivity contribution is -0.144. The molecule has 4 amide bonds. The van der Waals surface area contributed by atoms with Crippen molar-refractivity contribution in [2.45, 2.75) is 52.7 Å². The van der Waals surface area contributed by atoms with Gasteiger partial charge >= 0.3 is 5.97 Å². The Hall–Kier alpha value is -1.45. The third-order valence-electron chi connectivity index (χ3n) is 4.58. The van der Waals surface area contributed by atoms with Crippen molar-refractivity contribution in [2.24, 2.45) is 0 Å². The monoisotopic (exact) mass is 784 g/mol. The van der Waals surface area contributed by atoms with E-state index in [1.807, 2.05) is 40.2 Å². The van der Waals surface area contributed by atoms with Crippen molar-refractivity contribution in [2.75, 3.05) is 113 Å². The topological polar surface area (TPSA) is 189 Å². The van der Waals surface area contributed by atoms with Crippen molar-refractivity contribution in [1.29, 1.82) is 0 Å². The molecule has 0 rings (SSSR count). The van der Waals surface area contributed by atoms with Crippen LogP contribution in [0.15, 0.2) is 0 Å². The summed E-state index contributed by atoms with van der Waals surface area (Å²) in [6, 6.07) is 0. The third kappa shape index (κ3) is 65.5. The summed E-state index contributed by atoms with van der Waals surface area (Å²) in [7, 11) is 15.7. The molecule has 0 aliphatic carbocycles. The molecule has 0 aromatic heterocycles. The summed E-state index contributed by atoms with van der Waals surface area (Å²) in [5, 5.41) is 10.7. The molecule has 0 aromatic rings. The minimum atomic E-state index is -0.345. The molecular weight excluding hydrogens is 721 g/mol. The van der Waals surface area contributed by atoms with Gasteiger partial charge in [0, 0.05) is 86.1 Å². The molecule has 0 atom stereocenters. The van der Waals surface area contributed by atoms with Gasteiger partial charge in [-0.05, 0) is 40.2 Å². The fourth-order valence-electron chi connectivity index (χ4n) is 1.96. The molecule has 4 N–H and O–H groups in total. The lowest BCUT2D eigenvalue weighted by Crippen LogP contribution is -2.36. The average molecular weight is 785 g/mol. The van der Waals surface area contributed by atoms with Crippen LogP contribution in [0.2, 0.25) is 0 Å². The van der Waals surface area contributed by atoms with Gasteiger partial charge in [-0.15, -0.1) is 0 Å². The Balaban J connectivity index is -0.000000181. The Kier molecular flexibility index (Phi) is 56.5. The number of amides is 4. The second-order valence-corrected chi connectivity index (χ2v) is 14.7. The van der Waals surface area contributed by atoms with E-state index in [0.717, 1.165) is 11.5 Å². The van der Waals surface area contributed by atoms with E-state index >= 15 is 0 Å². The summed E-state index contributed by atoms with van der Waals surface area (Å²) < 4.78 is 27.4. The van der Waals surface area contributed by atoms with Gasteiger partial charge in [0.1, 0.15) is 19.8 Å². The molecule has 0 bridgehead atoms. The number of ether oxygens (including phenoxy) is 6. The Morgan fingerprint density at radius 1 is 0.510 bits per heavy atom. The third-order valence-corrected chi connectivity index (χ3v) is 8.21. The number of esters is 1. The van der Waals surface area contributed by atoms with Crippen LogP contribution < -0.4 is 21.3 Å². The first-order chi connectivity index (χ1) is 23.3. The van der Waals surface area contributed by atoms with Gasteiger partial charge in [-0.2, -0.15) is 0 Å². The molecule has 0 fully saturated rings. The normalized spacial score (nSPS) is 9.59. The Morgan fingerprint density at radius 2 is 0.796 bits per heavy atom. The van der Waals surface area contributed by atoms with Gasteiger partial charge < -0.3 is 49.7 Å². The van der Waals surface area contributed by atoms with Crippen LogP contribution in [0.3, 0.4) is 0 Å². The molecule has 294 valence electrons. The molecule has 15 nitrogen and oxygen atoms in total. The van der Waals surface area contributed by atoms with Crippen molar-refractivity contribution in [3.63, 3.8) is 0 Å². The molecule has 0 saturated heterocycles. The Morgan fingerprint density at radius 3 is 1.00 bits per heavy atom. The van der Waals surface area contributed by atoms with E-state index in [1.165, 1.54) is 28.4 Å². The van der Waals surface area contributed by atoms with E-state index in [9.17, 15) is 24.0 Å². The molecule has 0 aliphatic rings. The molecular formula is C30H64N4O11S4. The van der Waals surface area contributed by atoms with E-state index in [0.29, 0.717) is 51.2 Å². The van der Waals surface area contributed by atoms with Crippen LogP contribution >= 0.6 is 43.2 Å². The summed E-state index contributed by atoms with van der Waals surface area (Å²) in [6.07, 6.45) is 5.75. The highest BCUT2D eigenvalue weighted by Crippen LogP contribution is 2.17. The molecule has 0 aromatic carbocycles. The molecule has 0 heterocycles. The van der Waals surface area contributed by atoms with Crippen LogP contribution in [0.4, 0.5) is 0 Å². The first-order valence-corrected chi connectivity index (χ1v) is 20.7. The number of rotatable bonds is 22. The van der Waals surface area contributed by atoms with E-state index in [-0.39, 0.29) is 49.4 Å². The predicted octanol–water partition coefficient (Wildman–Crippen LogP) is 2.42. The van der Waals surface area contributed by atoms with Crippen LogP contribution in [-0.2, 0) is 52.4 Å². The maximum Gasteiger partial charge on any atom is 0.331 e. The fourth-order valence-corrected chi connectivity index (χ4v) is 4.33. The molecule has 0 saturated carbocycles. The summed E-state index contributed by atoms with van der Waals surface area (Å²) in [5.74, 6) is 0.962. The summed E-state index contributed by atoms with van der Waals surface area (Å²) in [4.78, 5) is 54.4. The van der Waals surface area contributed by atoms with Gasteiger partial charge in [0.15, 0.2) is 0 Å². The molecule has 0 radical (unpaired) electrons. The maximum absolute atomic E-state index is 11.2. The second-order valence-electron chi connectivity index (χ2n) is 9.32. The quantitative estimate of drug-likeness (QED) is 0.0712. The smallest absolute Gasteiger partial charge is 0.331 e. The van der Waals surface area contributed by atoms with Gasteiger partial charge in [0.2, 0.25) is 23.6 Å². The molecule has 0 spiro atoms. The van der Waals surface area contributed by atoms with Gasteiger partial charge in [0.25, 0.3) is 0 Å². The first kappa shape index (κ1) is 56.9. The first-order valence-electron chi connectivity index (χ1n) is 15.2. The minimum absolute atomic E-state index is 0.0162. The lowest BCUT2D eigenvalue weighted by Gasteiger charge is -2.06. The number of nitrogens with one attached hydrogen (secondary N) is 4. The predicted molar refractivity (Wildman–Crippen MR) is 205 cm³/mol. The van der Waals surface area contributed by atoms with Crippen LogP contribution in [0.1, 0.15) is 40.5 Å². The lowest BCUT2D eigenvalue weighted by atomic mass is 10.4. The SMILES string of the molecule is COC(C)C.COC(C)C.COCC(=O)NCCNC(=O)CCSSC.COCC(=O)NCCNC(=O)CCSSC.COCC(=O)OC. The second kappa shape index (κ2) is 48.7. The van der Waals surface area contributed by atoms with Gasteiger partial charge in [-0.1, -0.05) is 43.2 Å². The van der Waals surface area contributed by atoms with Crippen LogP contribution in [0.25, 0.3) is 0 Å².